The molecule has 4 heterocycles. The summed E-state index contributed by atoms with van der Waals surface area (Å²) in [6, 6.07) is 27.7. The highest BCUT2D eigenvalue weighted by Crippen LogP contribution is 2.48. The van der Waals surface area contributed by atoms with Crippen LogP contribution in [-0.2, 0) is 0 Å². The molecule has 0 aliphatic carbocycles. The number of carbonyl (C=O) groups excluding carboxylic acids is 2. The molecule has 0 saturated heterocycles. The van der Waals surface area contributed by atoms with Gasteiger partial charge in [-0.1, -0.05) is 60.3 Å². The summed E-state index contributed by atoms with van der Waals surface area (Å²) in [7, 11) is 0. The van der Waals surface area contributed by atoms with Crippen LogP contribution in [0.2, 0.25) is 0 Å². The summed E-state index contributed by atoms with van der Waals surface area (Å²) in [5.41, 5.74) is 2.88. The molecule has 0 saturated carbocycles. The van der Waals surface area contributed by atoms with Gasteiger partial charge in [0.1, 0.15) is 11.6 Å². The molecule has 7 rings (SSSR count). The second-order valence-electron chi connectivity index (χ2n) is 9.27. The van der Waals surface area contributed by atoms with E-state index in [1.165, 1.54) is 4.90 Å². The van der Waals surface area contributed by atoms with Crippen molar-refractivity contribution in [2.24, 2.45) is 0 Å². The van der Waals surface area contributed by atoms with Crippen molar-refractivity contribution in [3.63, 3.8) is 0 Å². The number of pyridine rings is 2. The fourth-order valence-corrected chi connectivity index (χ4v) is 6.23. The minimum atomic E-state index is -0.202. The van der Waals surface area contributed by atoms with E-state index in [9.17, 15) is 9.59 Å². The van der Waals surface area contributed by atoms with Crippen LogP contribution in [0.4, 0.5) is 11.6 Å². The molecule has 2 aliphatic rings. The molecule has 0 spiro atoms. The minimum Gasteiger partial charge on any atom is -0.309 e. The maximum atomic E-state index is 12.8. The van der Waals surface area contributed by atoms with Crippen LogP contribution in [0.3, 0.4) is 0 Å². The third-order valence-corrected chi connectivity index (χ3v) is 8.00. The van der Waals surface area contributed by atoms with Gasteiger partial charge >= 0.3 is 0 Å². The second kappa shape index (κ2) is 8.71. The predicted octanol–water partition coefficient (Wildman–Crippen LogP) is 6.46. The highest BCUT2D eigenvalue weighted by molar-refractivity contribution is 7.99. The van der Waals surface area contributed by atoms with Crippen LogP contribution in [0.1, 0.15) is 33.6 Å². The highest BCUT2D eigenvalue weighted by atomic mass is 32.2. The van der Waals surface area contributed by atoms with Crippen LogP contribution in [0.25, 0.3) is 21.8 Å². The van der Waals surface area contributed by atoms with Crippen LogP contribution >= 0.6 is 11.8 Å². The first-order valence-corrected chi connectivity index (χ1v) is 13.2. The van der Waals surface area contributed by atoms with E-state index in [0.717, 1.165) is 49.7 Å². The number of nitrogens with zero attached hydrogens (tertiary/aromatic N) is 4. The van der Waals surface area contributed by atoms with Crippen molar-refractivity contribution in [1.29, 1.82) is 0 Å². The Morgan fingerprint density at radius 3 is 1.59 bits per heavy atom. The number of aromatic nitrogens is 2. The predicted molar refractivity (Wildman–Crippen MR) is 146 cm³/mol. The molecule has 5 aromatic rings. The minimum absolute atomic E-state index is 0.202. The van der Waals surface area contributed by atoms with Gasteiger partial charge in [0.25, 0.3) is 11.8 Å². The molecular weight excluding hydrogens is 480 g/mol. The zero-order chi connectivity index (χ0) is 24.9. The Labute approximate surface area is 217 Å². The van der Waals surface area contributed by atoms with Gasteiger partial charge in [-0.15, -0.1) is 0 Å². The lowest BCUT2D eigenvalue weighted by Crippen LogP contribution is -2.31. The number of rotatable bonds is 5. The first-order valence-electron chi connectivity index (χ1n) is 12.4. The standard InChI is InChI=1S/C30H22N4O2S/c35-29-21-11-3-4-12-22(21)30(36)34(29)16-8-7-15-33-27-25(17-19-9-1-5-13-23(19)31-27)37-26-18-20-10-2-6-14-24(20)32-28(26)33/h1-6,9-14,17-18H,7-8,15-16H2. The Morgan fingerprint density at radius 1 is 0.595 bits per heavy atom. The molecule has 180 valence electrons. The molecule has 0 fully saturated rings. The molecule has 0 bridgehead atoms. The summed E-state index contributed by atoms with van der Waals surface area (Å²) in [4.78, 5) is 41.3. The summed E-state index contributed by atoms with van der Waals surface area (Å²) in [5.74, 6) is 1.40. The van der Waals surface area contributed by atoms with Crippen molar-refractivity contribution in [2.45, 2.75) is 22.6 Å². The fraction of sp³-hybridized carbons (Fsp3) is 0.133. The van der Waals surface area contributed by atoms with E-state index >= 15 is 0 Å². The number of imide groups is 1. The molecule has 7 heteroatoms. The smallest absolute Gasteiger partial charge is 0.261 e. The van der Waals surface area contributed by atoms with Crippen molar-refractivity contribution in [3.05, 3.63) is 96.1 Å². The lowest BCUT2D eigenvalue weighted by molar-refractivity contribution is 0.0652. The van der Waals surface area contributed by atoms with Crippen molar-refractivity contribution in [3.8, 4) is 0 Å². The van der Waals surface area contributed by atoms with Crippen molar-refractivity contribution >= 4 is 57.0 Å². The first kappa shape index (κ1) is 22.0. The number of para-hydroxylation sites is 2. The molecule has 2 aromatic heterocycles. The Hall–Kier alpha value is -4.23. The van der Waals surface area contributed by atoms with Gasteiger partial charge in [0.05, 0.1) is 32.0 Å². The number of benzene rings is 3. The molecular formula is C30H22N4O2S. The molecule has 0 unspecified atom stereocenters. The largest absolute Gasteiger partial charge is 0.309 e. The van der Waals surface area contributed by atoms with Gasteiger partial charge in [-0.25, -0.2) is 9.97 Å². The zero-order valence-electron chi connectivity index (χ0n) is 19.9. The Bertz CT molecular complexity index is 1610. The van der Waals surface area contributed by atoms with Gasteiger partial charge in [-0.2, -0.15) is 0 Å². The number of unbranched alkanes of at least 4 members (excludes halogenated alkanes) is 1. The van der Waals surface area contributed by atoms with Crippen LogP contribution in [0.15, 0.2) is 94.7 Å². The average molecular weight is 503 g/mol. The van der Waals surface area contributed by atoms with Gasteiger partial charge in [-0.05, 0) is 49.2 Å². The quantitative estimate of drug-likeness (QED) is 0.203. The van der Waals surface area contributed by atoms with Gasteiger partial charge in [-0.3, -0.25) is 14.5 Å². The molecule has 6 nitrogen and oxygen atoms in total. The fourth-order valence-electron chi connectivity index (χ4n) is 5.12. The van der Waals surface area contributed by atoms with Crippen molar-refractivity contribution in [1.82, 2.24) is 14.9 Å². The summed E-state index contributed by atoms with van der Waals surface area (Å²) in [6.07, 6.45) is 1.47. The van der Waals surface area contributed by atoms with Gasteiger partial charge in [0, 0.05) is 23.9 Å². The number of hydrogen-bond acceptors (Lipinski definition) is 6. The average Bonchev–Trinajstić information content (AvgIpc) is 3.17. The summed E-state index contributed by atoms with van der Waals surface area (Å²) in [6.45, 7) is 1.07. The zero-order valence-corrected chi connectivity index (χ0v) is 20.7. The molecule has 3 aromatic carbocycles. The third-order valence-electron chi connectivity index (χ3n) is 6.96. The molecule has 0 atom stereocenters. The molecule has 37 heavy (non-hydrogen) atoms. The number of hydrogen-bond donors (Lipinski definition) is 0. The SMILES string of the molecule is O=C1c2ccccc2C(=O)N1CCCCN1c2nc3ccccc3cc2Sc2cc3ccccc3nc21. The van der Waals surface area contributed by atoms with Crippen molar-refractivity contribution in [2.75, 3.05) is 18.0 Å². The van der Waals surface area contributed by atoms with Crippen LogP contribution < -0.4 is 4.90 Å². The Balaban J connectivity index is 1.18. The van der Waals surface area contributed by atoms with E-state index in [1.54, 1.807) is 36.0 Å². The van der Waals surface area contributed by atoms with Crippen molar-refractivity contribution < 1.29 is 9.59 Å². The number of amides is 2. The topological polar surface area (TPSA) is 66.4 Å². The lowest BCUT2D eigenvalue weighted by atomic mass is 10.1. The molecule has 0 radical (unpaired) electrons. The van der Waals surface area contributed by atoms with Gasteiger partial charge in [0.2, 0.25) is 0 Å². The number of anilines is 2. The summed E-state index contributed by atoms with van der Waals surface area (Å²) >= 11 is 1.70. The van der Waals surface area contributed by atoms with Gasteiger partial charge in [0.15, 0.2) is 0 Å². The molecule has 2 amide bonds. The monoisotopic (exact) mass is 502 g/mol. The highest BCUT2D eigenvalue weighted by Gasteiger charge is 2.34. The molecule has 2 aliphatic heterocycles. The lowest BCUT2D eigenvalue weighted by Gasteiger charge is -2.31. The molecule has 0 N–H and O–H groups in total. The van der Waals surface area contributed by atoms with Crippen LogP contribution in [0.5, 0.6) is 0 Å². The van der Waals surface area contributed by atoms with Crippen LogP contribution in [-0.4, -0.2) is 39.8 Å². The van der Waals surface area contributed by atoms with E-state index in [4.69, 9.17) is 9.97 Å². The number of fused-ring (bicyclic) bond motifs is 5. The summed E-state index contributed by atoms with van der Waals surface area (Å²) < 4.78 is 0. The van der Waals surface area contributed by atoms with E-state index < -0.39 is 0 Å². The second-order valence-corrected chi connectivity index (χ2v) is 10.4. The number of carbonyl (C=O) groups is 2. The van der Waals surface area contributed by atoms with E-state index in [-0.39, 0.29) is 11.8 Å². The van der Waals surface area contributed by atoms with Gasteiger partial charge < -0.3 is 4.90 Å². The van der Waals surface area contributed by atoms with Crippen LogP contribution in [0, 0.1) is 0 Å². The maximum Gasteiger partial charge on any atom is 0.261 e. The summed E-state index contributed by atoms with van der Waals surface area (Å²) in [5, 5.41) is 2.22. The van der Waals surface area contributed by atoms with E-state index in [2.05, 4.69) is 29.2 Å². The normalized spacial score (nSPS) is 14.3. The van der Waals surface area contributed by atoms with E-state index in [0.29, 0.717) is 30.6 Å². The Kier molecular flexibility index (Phi) is 5.18. The Morgan fingerprint density at radius 2 is 1.05 bits per heavy atom. The first-order chi connectivity index (χ1) is 18.2. The maximum absolute atomic E-state index is 12.8. The third kappa shape index (κ3) is 3.65. The van der Waals surface area contributed by atoms with E-state index in [1.807, 2.05) is 36.4 Å².